The van der Waals surface area contributed by atoms with Gasteiger partial charge in [-0.15, -0.1) is 0 Å². The summed E-state index contributed by atoms with van der Waals surface area (Å²) in [6.07, 6.45) is 0. The molecule has 0 bridgehead atoms. The standard InChI is InChI=1S/C23H28N6O3/c1-17-16-20(27-12-14-32-15-13-27)25-23(24-17)28-9-6-26(7-10-28)8-11-29-21(30)18-4-2-3-5-19(18)22(29)31/h2-5,16H,6-15H2,1H3. The van der Waals surface area contributed by atoms with Crippen molar-refractivity contribution in [1.29, 1.82) is 0 Å². The molecule has 0 atom stereocenters. The predicted octanol–water partition coefficient (Wildman–Crippen LogP) is 1.04. The Hall–Kier alpha value is -3.04. The fourth-order valence-electron chi connectivity index (χ4n) is 4.49. The van der Waals surface area contributed by atoms with Gasteiger partial charge in [-0.3, -0.25) is 19.4 Å². The number of fused-ring (bicyclic) bond motifs is 1. The van der Waals surface area contributed by atoms with Gasteiger partial charge in [0.15, 0.2) is 0 Å². The van der Waals surface area contributed by atoms with Gasteiger partial charge in [-0.1, -0.05) is 12.1 Å². The van der Waals surface area contributed by atoms with Gasteiger partial charge in [0.2, 0.25) is 5.95 Å². The highest BCUT2D eigenvalue weighted by molar-refractivity contribution is 6.21. The SMILES string of the molecule is Cc1cc(N2CCOCC2)nc(N2CCN(CCN3C(=O)c4ccccc4C3=O)CC2)n1. The predicted molar refractivity (Wildman–Crippen MR) is 120 cm³/mol. The number of amides is 2. The summed E-state index contributed by atoms with van der Waals surface area (Å²) in [4.78, 5) is 42.7. The average molecular weight is 437 g/mol. The normalized spacial score (nSPS) is 19.6. The van der Waals surface area contributed by atoms with E-state index in [4.69, 9.17) is 9.72 Å². The zero-order valence-electron chi connectivity index (χ0n) is 18.4. The second kappa shape index (κ2) is 8.84. The van der Waals surface area contributed by atoms with E-state index in [-0.39, 0.29) is 11.8 Å². The molecule has 2 amide bonds. The van der Waals surface area contributed by atoms with Crippen LogP contribution in [0.1, 0.15) is 26.4 Å². The lowest BCUT2D eigenvalue weighted by Crippen LogP contribution is -2.49. The van der Waals surface area contributed by atoms with Crippen molar-refractivity contribution in [3.63, 3.8) is 0 Å². The molecule has 2 aromatic rings. The number of benzene rings is 1. The van der Waals surface area contributed by atoms with Crippen LogP contribution in [0.2, 0.25) is 0 Å². The van der Waals surface area contributed by atoms with Gasteiger partial charge in [0, 0.05) is 64.1 Å². The van der Waals surface area contributed by atoms with Crippen LogP contribution in [0.5, 0.6) is 0 Å². The second-order valence-corrected chi connectivity index (χ2v) is 8.40. The number of hydrogen-bond donors (Lipinski definition) is 0. The summed E-state index contributed by atoms with van der Waals surface area (Å²) in [7, 11) is 0. The monoisotopic (exact) mass is 436 g/mol. The van der Waals surface area contributed by atoms with Crippen molar-refractivity contribution in [2.45, 2.75) is 6.92 Å². The van der Waals surface area contributed by atoms with E-state index in [1.54, 1.807) is 24.3 Å². The Bertz CT molecular complexity index is 980. The summed E-state index contributed by atoms with van der Waals surface area (Å²) < 4.78 is 5.45. The molecule has 2 saturated heterocycles. The Balaban J connectivity index is 1.17. The number of hydrogen-bond acceptors (Lipinski definition) is 8. The maximum Gasteiger partial charge on any atom is 0.261 e. The number of aryl methyl sites for hydroxylation is 1. The van der Waals surface area contributed by atoms with Crippen LogP contribution in [-0.4, -0.2) is 97.2 Å². The third kappa shape index (κ3) is 4.05. The van der Waals surface area contributed by atoms with E-state index >= 15 is 0 Å². The maximum absolute atomic E-state index is 12.6. The average Bonchev–Trinajstić information content (AvgIpc) is 3.08. The highest BCUT2D eigenvalue weighted by Crippen LogP contribution is 2.23. The number of morpholine rings is 1. The van der Waals surface area contributed by atoms with E-state index in [9.17, 15) is 9.59 Å². The van der Waals surface area contributed by atoms with E-state index in [0.29, 0.717) is 24.2 Å². The number of piperazine rings is 1. The molecule has 3 aliphatic rings. The minimum Gasteiger partial charge on any atom is -0.378 e. The minimum absolute atomic E-state index is 0.187. The van der Waals surface area contributed by atoms with E-state index in [0.717, 1.165) is 69.9 Å². The first-order valence-corrected chi connectivity index (χ1v) is 11.2. The molecule has 5 rings (SSSR count). The zero-order chi connectivity index (χ0) is 22.1. The first-order chi connectivity index (χ1) is 15.6. The number of aromatic nitrogens is 2. The third-order valence-electron chi connectivity index (χ3n) is 6.34. The number of nitrogens with zero attached hydrogens (tertiary/aromatic N) is 6. The van der Waals surface area contributed by atoms with Crippen molar-refractivity contribution in [1.82, 2.24) is 19.8 Å². The molecular weight excluding hydrogens is 408 g/mol. The molecule has 0 unspecified atom stereocenters. The van der Waals surface area contributed by atoms with Gasteiger partial charge < -0.3 is 14.5 Å². The van der Waals surface area contributed by atoms with E-state index < -0.39 is 0 Å². The van der Waals surface area contributed by atoms with Gasteiger partial charge in [0.05, 0.1) is 24.3 Å². The highest BCUT2D eigenvalue weighted by Gasteiger charge is 2.35. The summed E-state index contributed by atoms with van der Waals surface area (Å²) in [6.45, 7) is 9.55. The number of ether oxygens (including phenoxy) is 1. The molecule has 168 valence electrons. The van der Waals surface area contributed by atoms with Crippen LogP contribution in [0, 0.1) is 6.92 Å². The molecule has 0 aliphatic carbocycles. The lowest BCUT2D eigenvalue weighted by molar-refractivity contribution is 0.0635. The molecule has 9 nitrogen and oxygen atoms in total. The van der Waals surface area contributed by atoms with E-state index in [2.05, 4.69) is 19.7 Å². The lowest BCUT2D eigenvalue weighted by Gasteiger charge is -2.36. The van der Waals surface area contributed by atoms with E-state index in [1.165, 1.54) is 4.90 Å². The maximum atomic E-state index is 12.6. The van der Waals surface area contributed by atoms with Crippen molar-refractivity contribution < 1.29 is 14.3 Å². The molecule has 4 heterocycles. The Morgan fingerprint density at radius 3 is 2.16 bits per heavy atom. The third-order valence-corrected chi connectivity index (χ3v) is 6.34. The van der Waals surface area contributed by atoms with Gasteiger partial charge in [-0.25, -0.2) is 4.98 Å². The Labute approximate surface area is 187 Å². The molecule has 9 heteroatoms. The van der Waals surface area contributed by atoms with Crippen molar-refractivity contribution in [3.05, 3.63) is 47.2 Å². The summed E-state index contributed by atoms with van der Waals surface area (Å²) in [5, 5.41) is 0. The fourth-order valence-corrected chi connectivity index (χ4v) is 4.49. The molecule has 0 spiro atoms. The second-order valence-electron chi connectivity index (χ2n) is 8.40. The number of imide groups is 1. The smallest absolute Gasteiger partial charge is 0.261 e. The Kier molecular flexibility index (Phi) is 5.75. The molecule has 0 radical (unpaired) electrons. The van der Waals surface area contributed by atoms with Crippen LogP contribution in [0.25, 0.3) is 0 Å². The first-order valence-electron chi connectivity index (χ1n) is 11.2. The van der Waals surface area contributed by atoms with Crippen LogP contribution < -0.4 is 9.80 Å². The lowest BCUT2D eigenvalue weighted by atomic mass is 10.1. The number of carbonyl (C=O) groups excluding carboxylic acids is 2. The summed E-state index contributed by atoms with van der Waals surface area (Å²) >= 11 is 0. The Morgan fingerprint density at radius 2 is 1.50 bits per heavy atom. The zero-order valence-corrected chi connectivity index (χ0v) is 18.4. The highest BCUT2D eigenvalue weighted by atomic mass is 16.5. The fraction of sp³-hybridized carbons (Fsp3) is 0.478. The largest absolute Gasteiger partial charge is 0.378 e. The van der Waals surface area contributed by atoms with E-state index in [1.807, 2.05) is 13.0 Å². The summed E-state index contributed by atoms with van der Waals surface area (Å²) in [5.41, 5.74) is 1.98. The topological polar surface area (TPSA) is 82.1 Å². The van der Waals surface area contributed by atoms with Gasteiger partial charge in [-0.2, -0.15) is 4.98 Å². The minimum atomic E-state index is -0.187. The quantitative estimate of drug-likeness (QED) is 0.643. The molecular formula is C23H28N6O3. The Morgan fingerprint density at radius 1 is 0.844 bits per heavy atom. The molecule has 0 N–H and O–H groups in total. The molecule has 2 fully saturated rings. The number of carbonyl (C=O) groups is 2. The molecule has 32 heavy (non-hydrogen) atoms. The van der Waals surface area contributed by atoms with Crippen LogP contribution in [0.4, 0.5) is 11.8 Å². The van der Waals surface area contributed by atoms with Crippen LogP contribution in [0.3, 0.4) is 0 Å². The van der Waals surface area contributed by atoms with Crippen LogP contribution in [-0.2, 0) is 4.74 Å². The van der Waals surface area contributed by atoms with Gasteiger partial charge >= 0.3 is 0 Å². The van der Waals surface area contributed by atoms with Crippen molar-refractivity contribution in [3.8, 4) is 0 Å². The summed E-state index contributed by atoms with van der Waals surface area (Å²) in [6, 6.07) is 9.07. The van der Waals surface area contributed by atoms with Crippen LogP contribution in [0.15, 0.2) is 30.3 Å². The van der Waals surface area contributed by atoms with Gasteiger partial charge in [-0.05, 0) is 19.1 Å². The molecule has 3 aliphatic heterocycles. The van der Waals surface area contributed by atoms with Gasteiger partial charge in [0.1, 0.15) is 5.82 Å². The van der Waals surface area contributed by atoms with Crippen molar-refractivity contribution >= 4 is 23.6 Å². The van der Waals surface area contributed by atoms with Crippen molar-refractivity contribution in [2.75, 3.05) is 75.4 Å². The first kappa shape index (κ1) is 20.8. The molecule has 1 aromatic heterocycles. The number of rotatable bonds is 5. The molecule has 1 aromatic carbocycles. The van der Waals surface area contributed by atoms with Crippen molar-refractivity contribution in [2.24, 2.45) is 0 Å². The van der Waals surface area contributed by atoms with Crippen LogP contribution >= 0.6 is 0 Å². The van der Waals surface area contributed by atoms with Gasteiger partial charge in [0.25, 0.3) is 11.8 Å². The number of anilines is 2. The summed E-state index contributed by atoms with van der Waals surface area (Å²) in [5.74, 6) is 1.36. The molecule has 0 saturated carbocycles.